The SMILES string of the molecule is CCCC.CCCC.CCCCN(C)C.CCNCC=O. The Morgan fingerprint density at radius 1 is 0.810 bits per heavy atom. The van der Waals surface area contributed by atoms with E-state index in [1.54, 1.807) is 0 Å². The Bertz CT molecular complexity index is 131. The van der Waals surface area contributed by atoms with Crippen LogP contribution in [0.25, 0.3) is 0 Å². The summed E-state index contributed by atoms with van der Waals surface area (Å²) in [4.78, 5) is 11.7. The van der Waals surface area contributed by atoms with Crippen LogP contribution in [0.3, 0.4) is 0 Å². The molecule has 21 heavy (non-hydrogen) atoms. The smallest absolute Gasteiger partial charge is 0.133 e. The van der Waals surface area contributed by atoms with Gasteiger partial charge in [-0.3, -0.25) is 0 Å². The summed E-state index contributed by atoms with van der Waals surface area (Å²) in [6, 6.07) is 0. The van der Waals surface area contributed by atoms with Crippen LogP contribution in [0, 0.1) is 0 Å². The van der Waals surface area contributed by atoms with Gasteiger partial charge in [0.25, 0.3) is 0 Å². The second-order valence-electron chi connectivity index (χ2n) is 5.13. The first-order chi connectivity index (χ1) is 10.0. The van der Waals surface area contributed by atoms with E-state index in [2.05, 4.69) is 58.9 Å². The second kappa shape index (κ2) is 36.7. The average molecular weight is 305 g/mol. The maximum atomic E-state index is 9.50. The molecule has 0 aliphatic carbocycles. The van der Waals surface area contributed by atoms with Crippen molar-refractivity contribution in [1.82, 2.24) is 10.2 Å². The molecule has 0 aliphatic heterocycles. The van der Waals surface area contributed by atoms with Crippen LogP contribution >= 0.6 is 0 Å². The highest BCUT2D eigenvalue weighted by molar-refractivity contribution is 5.51. The van der Waals surface area contributed by atoms with Crippen molar-refractivity contribution in [3.05, 3.63) is 0 Å². The molecule has 0 radical (unpaired) electrons. The van der Waals surface area contributed by atoms with Crippen LogP contribution in [0.4, 0.5) is 0 Å². The molecule has 132 valence electrons. The lowest BCUT2D eigenvalue weighted by atomic mass is 10.3. The van der Waals surface area contributed by atoms with Gasteiger partial charge in [-0.1, -0.05) is 73.6 Å². The molecule has 0 unspecified atom stereocenters. The summed E-state index contributed by atoms with van der Waals surface area (Å²) >= 11 is 0. The highest BCUT2D eigenvalue weighted by atomic mass is 16.1. The highest BCUT2D eigenvalue weighted by Crippen LogP contribution is 1.86. The third-order valence-electron chi connectivity index (χ3n) is 2.44. The summed E-state index contributed by atoms with van der Waals surface area (Å²) in [6.45, 7) is 15.5. The largest absolute Gasteiger partial charge is 0.311 e. The zero-order valence-corrected chi connectivity index (χ0v) is 16.3. The number of hydrogen-bond donors (Lipinski definition) is 1. The van der Waals surface area contributed by atoms with Crippen molar-refractivity contribution >= 4 is 6.29 Å². The Balaban J connectivity index is -0.0000000948. The topological polar surface area (TPSA) is 32.3 Å². The maximum absolute atomic E-state index is 9.50. The van der Waals surface area contributed by atoms with Crippen molar-refractivity contribution < 1.29 is 4.79 Å². The predicted molar refractivity (Wildman–Crippen MR) is 99.2 cm³/mol. The molecule has 3 nitrogen and oxygen atoms in total. The van der Waals surface area contributed by atoms with E-state index in [0.717, 1.165) is 12.8 Å². The Kier molecular flexibility index (Phi) is 50.1. The number of carbonyl (C=O) groups excluding carboxylic acids is 1. The van der Waals surface area contributed by atoms with E-state index >= 15 is 0 Å². The molecular weight excluding hydrogens is 260 g/mol. The van der Waals surface area contributed by atoms with Gasteiger partial charge >= 0.3 is 0 Å². The summed E-state index contributed by atoms with van der Waals surface area (Å²) in [6.07, 6.45) is 8.76. The fourth-order valence-corrected chi connectivity index (χ4v) is 0.678. The molecule has 0 aliphatic rings. The molecule has 0 spiro atoms. The first-order valence-corrected chi connectivity index (χ1v) is 8.80. The van der Waals surface area contributed by atoms with Gasteiger partial charge in [0.15, 0.2) is 0 Å². The Morgan fingerprint density at radius 2 is 1.24 bits per heavy atom. The van der Waals surface area contributed by atoms with E-state index in [-0.39, 0.29) is 0 Å². The molecule has 0 bridgehead atoms. The van der Waals surface area contributed by atoms with Gasteiger partial charge in [0.2, 0.25) is 0 Å². The standard InChI is InChI=1S/C6H15N.C4H9NO.2C4H10/c1-4-5-6-7(2)3;1-2-5-3-4-6;2*1-3-4-2/h4-6H2,1-3H3;4-5H,2-3H2,1H3;2*3-4H2,1-2H3. The van der Waals surface area contributed by atoms with Crippen LogP contribution in [0.5, 0.6) is 0 Å². The van der Waals surface area contributed by atoms with Crippen LogP contribution in [-0.2, 0) is 4.79 Å². The van der Waals surface area contributed by atoms with Gasteiger partial charge in [0, 0.05) is 0 Å². The van der Waals surface area contributed by atoms with Crippen molar-refractivity contribution in [2.24, 2.45) is 0 Å². The first kappa shape index (κ1) is 28.7. The molecular formula is C18H44N2O. The molecule has 0 atom stereocenters. The maximum Gasteiger partial charge on any atom is 0.133 e. The molecule has 0 saturated carbocycles. The molecule has 0 fully saturated rings. The Morgan fingerprint density at radius 3 is 1.33 bits per heavy atom. The molecule has 0 aromatic rings. The highest BCUT2D eigenvalue weighted by Gasteiger charge is 1.83. The Hall–Kier alpha value is -0.410. The van der Waals surface area contributed by atoms with E-state index in [9.17, 15) is 4.79 Å². The minimum absolute atomic E-state index is 0.483. The van der Waals surface area contributed by atoms with Gasteiger partial charge in [0.05, 0.1) is 6.54 Å². The number of nitrogens with zero attached hydrogens (tertiary/aromatic N) is 1. The zero-order valence-electron chi connectivity index (χ0n) is 16.3. The lowest BCUT2D eigenvalue weighted by Gasteiger charge is -2.05. The molecule has 3 heteroatoms. The van der Waals surface area contributed by atoms with E-state index in [4.69, 9.17) is 0 Å². The quantitative estimate of drug-likeness (QED) is 0.518. The number of unbranched alkanes of at least 4 members (excludes halogenated alkanes) is 3. The van der Waals surface area contributed by atoms with Crippen LogP contribution in [0.1, 0.15) is 80.1 Å². The molecule has 0 heterocycles. The number of hydrogen-bond acceptors (Lipinski definition) is 3. The summed E-state index contributed by atoms with van der Waals surface area (Å²) in [5.41, 5.74) is 0. The third kappa shape index (κ3) is 82.1. The zero-order chi connectivity index (χ0) is 17.4. The van der Waals surface area contributed by atoms with Gasteiger partial charge in [-0.15, -0.1) is 0 Å². The predicted octanol–water partition coefficient (Wildman–Crippen LogP) is 4.76. The Labute approximate surface area is 135 Å². The number of rotatable bonds is 8. The number of carbonyl (C=O) groups is 1. The molecule has 0 saturated heterocycles. The van der Waals surface area contributed by atoms with Crippen LogP contribution < -0.4 is 5.32 Å². The van der Waals surface area contributed by atoms with E-state index < -0.39 is 0 Å². The van der Waals surface area contributed by atoms with Gasteiger partial charge < -0.3 is 15.0 Å². The summed E-state index contributed by atoms with van der Waals surface area (Å²) in [5, 5.41) is 2.83. The molecule has 0 aromatic carbocycles. The van der Waals surface area contributed by atoms with E-state index in [0.29, 0.717) is 6.54 Å². The molecule has 0 aromatic heterocycles. The third-order valence-corrected chi connectivity index (χ3v) is 2.44. The van der Waals surface area contributed by atoms with Gasteiger partial charge in [-0.05, 0) is 33.6 Å². The lowest BCUT2D eigenvalue weighted by Crippen LogP contribution is -2.14. The molecule has 0 rings (SSSR count). The molecule has 1 N–H and O–H groups in total. The number of nitrogens with one attached hydrogen (secondary N) is 1. The first-order valence-electron chi connectivity index (χ1n) is 8.80. The minimum Gasteiger partial charge on any atom is -0.311 e. The average Bonchev–Trinajstić information content (AvgIpc) is 2.51. The lowest BCUT2D eigenvalue weighted by molar-refractivity contribution is -0.107. The van der Waals surface area contributed by atoms with Crippen LogP contribution in [0.15, 0.2) is 0 Å². The van der Waals surface area contributed by atoms with Crippen molar-refractivity contribution in [3.8, 4) is 0 Å². The fourth-order valence-electron chi connectivity index (χ4n) is 0.678. The van der Waals surface area contributed by atoms with Crippen molar-refractivity contribution in [1.29, 1.82) is 0 Å². The van der Waals surface area contributed by atoms with E-state index in [1.807, 2.05) is 6.92 Å². The summed E-state index contributed by atoms with van der Waals surface area (Å²) < 4.78 is 0. The van der Waals surface area contributed by atoms with Crippen molar-refractivity contribution in [2.75, 3.05) is 33.7 Å². The summed E-state index contributed by atoms with van der Waals surface area (Å²) in [7, 11) is 4.21. The minimum atomic E-state index is 0.483. The fraction of sp³-hybridized carbons (Fsp3) is 0.944. The second-order valence-corrected chi connectivity index (χ2v) is 5.13. The van der Waals surface area contributed by atoms with Crippen molar-refractivity contribution in [2.45, 2.75) is 80.1 Å². The van der Waals surface area contributed by atoms with Crippen LogP contribution in [-0.4, -0.2) is 44.9 Å². The van der Waals surface area contributed by atoms with Gasteiger partial charge in [-0.25, -0.2) is 0 Å². The van der Waals surface area contributed by atoms with Gasteiger partial charge in [0.1, 0.15) is 6.29 Å². The monoisotopic (exact) mass is 304 g/mol. The normalized spacial score (nSPS) is 8.62. The van der Waals surface area contributed by atoms with Gasteiger partial charge in [-0.2, -0.15) is 0 Å². The summed E-state index contributed by atoms with van der Waals surface area (Å²) in [5.74, 6) is 0. The molecule has 0 amide bonds. The van der Waals surface area contributed by atoms with Crippen LogP contribution in [0.2, 0.25) is 0 Å². The number of aldehydes is 1. The van der Waals surface area contributed by atoms with Crippen molar-refractivity contribution in [3.63, 3.8) is 0 Å². The van der Waals surface area contributed by atoms with E-state index in [1.165, 1.54) is 45.1 Å². The number of likely N-dealkylation sites (N-methyl/N-ethyl adjacent to an activating group) is 1.